The number of aliphatic hydroxyl groups is 1. The lowest BCUT2D eigenvalue weighted by Crippen LogP contribution is -2.58. The minimum absolute atomic E-state index is 0.00209. The van der Waals surface area contributed by atoms with Gasteiger partial charge in [0.1, 0.15) is 23.5 Å². The number of carbonyl (C=O) groups is 3. The van der Waals surface area contributed by atoms with E-state index in [1.165, 1.54) is 17.0 Å². The van der Waals surface area contributed by atoms with E-state index < -0.39 is 23.6 Å². The van der Waals surface area contributed by atoms with Crippen LogP contribution in [0.15, 0.2) is 97.3 Å². The van der Waals surface area contributed by atoms with Gasteiger partial charge in [-0.3, -0.25) is 23.7 Å². The molecule has 0 aliphatic carbocycles. The van der Waals surface area contributed by atoms with Crippen molar-refractivity contribution in [2.45, 2.75) is 111 Å². The van der Waals surface area contributed by atoms with Crippen molar-refractivity contribution >= 4 is 40.1 Å². The van der Waals surface area contributed by atoms with E-state index >= 15 is 0 Å². The summed E-state index contributed by atoms with van der Waals surface area (Å²) < 4.78 is 17.4. The maximum atomic E-state index is 14.4. The molecular weight excluding hydrogens is 868 g/mol. The molecule has 1 fully saturated rings. The highest BCUT2D eigenvalue weighted by Gasteiger charge is 2.45. The number of carbonyl (C=O) groups excluding carboxylic acids is 3. The van der Waals surface area contributed by atoms with Crippen molar-refractivity contribution < 1.29 is 23.9 Å². The van der Waals surface area contributed by atoms with Crippen LogP contribution in [0.25, 0.3) is 43.7 Å². The third kappa shape index (κ3) is 10.9. The molecule has 5 atom stereocenters. The highest BCUT2D eigenvalue weighted by Crippen LogP contribution is 2.33. The first-order valence-corrected chi connectivity index (χ1v) is 23.9. The van der Waals surface area contributed by atoms with Gasteiger partial charge in [0.15, 0.2) is 0 Å². The topological polar surface area (TPSA) is 176 Å². The summed E-state index contributed by atoms with van der Waals surface area (Å²) in [5.74, 6) is -1.56. The number of aromatic nitrogens is 7. The van der Waals surface area contributed by atoms with Crippen molar-refractivity contribution in [2.24, 2.45) is 11.3 Å². The van der Waals surface area contributed by atoms with Gasteiger partial charge in [-0.1, -0.05) is 70.5 Å². The van der Waals surface area contributed by atoms with Crippen LogP contribution < -0.4 is 10.6 Å². The third-order valence-electron chi connectivity index (χ3n) is 12.7. The van der Waals surface area contributed by atoms with Gasteiger partial charge in [-0.2, -0.15) is 10.2 Å². The van der Waals surface area contributed by atoms with Gasteiger partial charge < -0.3 is 25.6 Å². The number of H-pyrrole nitrogens is 1. The van der Waals surface area contributed by atoms with E-state index in [-0.39, 0.29) is 48.5 Å². The Labute approximate surface area is 394 Å². The highest BCUT2D eigenvalue weighted by molar-refractivity contribution is 7.13. The lowest BCUT2D eigenvalue weighted by atomic mass is 9.84. The normalized spacial score (nSPS) is 16.6. The summed E-state index contributed by atoms with van der Waals surface area (Å²) in [6.07, 6.45) is 13.2. The molecule has 7 aromatic rings. The van der Waals surface area contributed by atoms with Crippen LogP contribution in [0.2, 0.25) is 0 Å². The number of β-amino-alcohol motifs (C(OH)–C–C–N with tert-alkyl or cyclic N) is 1. The van der Waals surface area contributed by atoms with Crippen LogP contribution in [-0.2, 0) is 27.5 Å². The smallest absolute Gasteiger partial charge is 0.246 e. The Bertz CT molecular complexity index is 2840. The molecule has 6 heterocycles. The molecule has 3 amide bonds. The summed E-state index contributed by atoms with van der Waals surface area (Å²) in [4.78, 5) is 57.2. The largest absolute Gasteiger partial charge is 0.391 e. The number of rotatable bonds is 17. The molecule has 2 aromatic carbocycles. The van der Waals surface area contributed by atoms with Gasteiger partial charge in [0, 0.05) is 77.9 Å². The number of aliphatic hydroxyl groups excluding tert-OH is 1. The number of fused-ring (bicyclic) bond motifs is 1. The molecule has 350 valence electrons. The molecule has 16 heteroatoms. The van der Waals surface area contributed by atoms with E-state index in [0.717, 1.165) is 67.0 Å². The van der Waals surface area contributed by atoms with Crippen LogP contribution in [0.1, 0.15) is 89.6 Å². The van der Waals surface area contributed by atoms with E-state index in [1.807, 2.05) is 113 Å². The molecule has 0 saturated carbocycles. The van der Waals surface area contributed by atoms with Gasteiger partial charge in [-0.05, 0) is 73.4 Å². The summed E-state index contributed by atoms with van der Waals surface area (Å²) in [5.41, 5.74) is 9.32. The number of halogens is 1. The Kier molecular flexibility index (Phi) is 14.1. The number of nitrogens with one attached hydrogen (secondary N) is 3. The Hall–Kier alpha value is -6.52. The van der Waals surface area contributed by atoms with Gasteiger partial charge in [0.2, 0.25) is 17.7 Å². The average molecular weight is 927 g/mol. The molecule has 14 nitrogen and oxygen atoms in total. The fourth-order valence-corrected chi connectivity index (χ4v) is 9.79. The number of aromatic amines is 1. The number of nitrogens with zero attached hydrogens (tertiary/aromatic N) is 7. The quantitative estimate of drug-likeness (QED) is 0.0703. The van der Waals surface area contributed by atoms with Crippen molar-refractivity contribution in [1.82, 2.24) is 50.0 Å². The molecular formula is C51H59FN10O4S. The zero-order valence-corrected chi connectivity index (χ0v) is 39.7. The Morgan fingerprint density at radius 1 is 0.940 bits per heavy atom. The van der Waals surface area contributed by atoms with Crippen molar-refractivity contribution in [1.29, 1.82) is 0 Å². The number of aryl methyl sites for hydroxylation is 2. The molecule has 5 aromatic heterocycles. The second-order valence-corrected chi connectivity index (χ2v) is 19.7. The number of likely N-dealkylation sites (tertiary alicyclic amines) is 1. The van der Waals surface area contributed by atoms with Gasteiger partial charge >= 0.3 is 0 Å². The fraction of sp³-hybridized carbons (Fsp3) is 0.392. The van der Waals surface area contributed by atoms with Crippen LogP contribution in [0.4, 0.5) is 4.39 Å². The highest BCUT2D eigenvalue weighted by atomic mass is 32.1. The van der Waals surface area contributed by atoms with Crippen LogP contribution in [0, 0.1) is 24.1 Å². The van der Waals surface area contributed by atoms with Crippen molar-refractivity contribution in [3.8, 4) is 32.7 Å². The van der Waals surface area contributed by atoms with Crippen LogP contribution in [-0.4, -0.2) is 87.0 Å². The minimum atomic E-state index is -0.920. The fourth-order valence-electron chi connectivity index (χ4n) is 8.98. The number of amides is 3. The van der Waals surface area contributed by atoms with Crippen LogP contribution in [0.5, 0.6) is 0 Å². The Balaban J connectivity index is 0.879. The predicted octanol–water partition coefficient (Wildman–Crippen LogP) is 8.48. The summed E-state index contributed by atoms with van der Waals surface area (Å²) >= 11 is 1.58. The zero-order valence-electron chi connectivity index (χ0n) is 38.9. The van der Waals surface area contributed by atoms with Crippen molar-refractivity contribution in [3.05, 3.63) is 120 Å². The van der Waals surface area contributed by atoms with Crippen molar-refractivity contribution in [3.63, 3.8) is 0 Å². The van der Waals surface area contributed by atoms with E-state index in [4.69, 9.17) is 0 Å². The molecule has 0 radical (unpaired) electrons. The van der Waals surface area contributed by atoms with Gasteiger partial charge in [-0.15, -0.1) is 11.3 Å². The van der Waals surface area contributed by atoms with Gasteiger partial charge in [-0.25, -0.2) is 14.4 Å². The number of hydrogen-bond acceptors (Lipinski definition) is 9. The van der Waals surface area contributed by atoms with Crippen LogP contribution in [0.3, 0.4) is 0 Å². The van der Waals surface area contributed by atoms with Crippen molar-refractivity contribution in [2.75, 3.05) is 6.54 Å². The monoisotopic (exact) mass is 926 g/mol. The zero-order chi connectivity index (χ0) is 47.4. The summed E-state index contributed by atoms with van der Waals surface area (Å²) in [6, 6.07) is 14.4. The number of benzene rings is 2. The van der Waals surface area contributed by atoms with Gasteiger partial charge in [0.25, 0.3) is 0 Å². The van der Waals surface area contributed by atoms with E-state index in [9.17, 15) is 23.9 Å². The Morgan fingerprint density at radius 3 is 2.43 bits per heavy atom. The lowest BCUT2D eigenvalue weighted by molar-refractivity contribution is -0.144. The molecule has 67 heavy (non-hydrogen) atoms. The Morgan fingerprint density at radius 2 is 1.70 bits per heavy atom. The first-order valence-electron chi connectivity index (χ1n) is 23.0. The second-order valence-electron chi connectivity index (χ2n) is 18.8. The maximum absolute atomic E-state index is 14.4. The van der Waals surface area contributed by atoms with Gasteiger partial charge in [0.05, 0.1) is 47.2 Å². The molecule has 1 saturated heterocycles. The second kappa shape index (κ2) is 20.1. The van der Waals surface area contributed by atoms with E-state index in [1.54, 1.807) is 28.3 Å². The molecule has 8 rings (SSSR count). The molecule has 0 bridgehead atoms. The first-order chi connectivity index (χ1) is 32.1. The SMILES string of the molecule is CCCC(CCCn1cc(-c2cnc3[nH]cc(-c4cnn(Cc5cccc(F)c5)c4)c3c2)cn1)C(=O)N[C@H](C(=O)N1C[C@H](O)C[C@H]1C(=O)N[C@@H](C)c1ccc(-c2scnc2C)cc1)C(C)(C)C. The number of pyridine rings is 1. The maximum Gasteiger partial charge on any atom is 0.246 e. The number of hydrogen-bond donors (Lipinski definition) is 4. The standard InChI is InChI=1S/C51H59FN10O4S/c1-7-10-36(12-9-18-60-27-38(23-56-60)37-20-42-43(25-54-47(42)53-22-37)39-24-57-61(28-39)26-33-11-8-13-40(52)19-33)48(64)59-46(51(4,5)6)50(66)62-29-41(63)21-44(62)49(65)58-31(2)34-14-16-35(17-15-34)45-32(3)55-30-67-45/h8,11,13-17,19-20,22-25,27-28,30-31,36,41,44,46,63H,7,9-10,12,18,21,26,29H2,1-6H3,(H,53,54)(H,58,65)(H,59,64)/t31-,36?,41+,44-,46+/m0/s1. The molecule has 1 unspecified atom stereocenters. The van der Waals surface area contributed by atoms with Crippen LogP contribution >= 0.6 is 11.3 Å². The molecule has 4 N–H and O–H groups in total. The summed E-state index contributed by atoms with van der Waals surface area (Å²) in [6.45, 7) is 12.6. The number of thiazole rings is 1. The summed E-state index contributed by atoms with van der Waals surface area (Å²) in [7, 11) is 0. The minimum Gasteiger partial charge on any atom is -0.391 e. The summed E-state index contributed by atoms with van der Waals surface area (Å²) in [5, 5.41) is 27.0. The molecule has 0 spiro atoms. The molecule has 1 aliphatic heterocycles. The van der Waals surface area contributed by atoms with E-state index in [2.05, 4.69) is 41.8 Å². The molecule has 1 aliphatic rings. The lowest BCUT2D eigenvalue weighted by Gasteiger charge is -2.36. The average Bonchev–Trinajstić information content (AvgIpc) is 4.16. The van der Waals surface area contributed by atoms with E-state index in [0.29, 0.717) is 32.4 Å². The third-order valence-corrected chi connectivity index (χ3v) is 13.6. The predicted molar refractivity (Wildman–Crippen MR) is 258 cm³/mol. The first kappa shape index (κ1) is 47.0.